The maximum absolute atomic E-state index is 12.8. The van der Waals surface area contributed by atoms with E-state index in [0.29, 0.717) is 11.5 Å². The second-order valence-corrected chi connectivity index (χ2v) is 6.38. The minimum Gasteiger partial charge on any atom is -0.324 e. The van der Waals surface area contributed by atoms with E-state index in [4.69, 9.17) is 0 Å². The molecule has 4 rings (SSSR count). The molecule has 0 fully saturated rings. The van der Waals surface area contributed by atoms with Crippen molar-refractivity contribution in [1.82, 2.24) is 14.8 Å². The third kappa shape index (κ3) is 3.44. The highest BCUT2D eigenvalue weighted by Crippen LogP contribution is 2.27. The van der Waals surface area contributed by atoms with Crippen molar-refractivity contribution in [3.8, 4) is 11.4 Å². The molecule has 0 bridgehead atoms. The molecule has 0 aliphatic carbocycles. The molecule has 0 spiro atoms. The van der Waals surface area contributed by atoms with Crippen LogP contribution in [-0.2, 0) is 16.0 Å². The van der Waals surface area contributed by atoms with E-state index in [2.05, 4.69) is 27.6 Å². The number of aryl methyl sites for hydroxylation is 1. The van der Waals surface area contributed by atoms with E-state index in [1.54, 1.807) is 0 Å². The minimum absolute atomic E-state index is 0.0173. The van der Waals surface area contributed by atoms with E-state index < -0.39 is 6.04 Å². The summed E-state index contributed by atoms with van der Waals surface area (Å²) in [5, 5.41) is 10.0. The maximum Gasteiger partial charge on any atom is 0.249 e. The number of aromatic nitrogens is 3. The molecule has 7 heteroatoms. The number of carbonyl (C=O) groups excluding carboxylic acids is 2. The van der Waals surface area contributed by atoms with Crippen LogP contribution in [0.3, 0.4) is 0 Å². The topological polar surface area (TPSA) is 88.9 Å². The van der Waals surface area contributed by atoms with Crippen LogP contribution in [-0.4, -0.2) is 26.6 Å². The highest BCUT2D eigenvalue weighted by molar-refractivity contribution is 6.00. The van der Waals surface area contributed by atoms with Crippen molar-refractivity contribution in [3.63, 3.8) is 0 Å². The largest absolute Gasteiger partial charge is 0.324 e. The molecule has 1 aromatic heterocycles. The van der Waals surface area contributed by atoms with Crippen molar-refractivity contribution in [2.45, 2.75) is 25.8 Å². The normalized spacial score (nSPS) is 15.7. The molecule has 136 valence electrons. The molecule has 2 heterocycles. The number of hydrogen-bond acceptors (Lipinski definition) is 4. The van der Waals surface area contributed by atoms with Gasteiger partial charge in [0.05, 0.1) is 6.42 Å². The zero-order valence-corrected chi connectivity index (χ0v) is 14.8. The zero-order valence-electron chi connectivity index (χ0n) is 14.8. The lowest BCUT2D eigenvalue weighted by Gasteiger charge is -2.22. The van der Waals surface area contributed by atoms with Gasteiger partial charge in [-0.1, -0.05) is 49.4 Å². The average Bonchev–Trinajstić information content (AvgIpc) is 3.12. The predicted molar refractivity (Wildman–Crippen MR) is 102 cm³/mol. The molecule has 1 aliphatic rings. The summed E-state index contributed by atoms with van der Waals surface area (Å²) in [6.07, 6.45) is 0.949. The Balaban J connectivity index is 1.61. The third-order valence-corrected chi connectivity index (χ3v) is 4.52. The molecule has 0 saturated heterocycles. The summed E-state index contributed by atoms with van der Waals surface area (Å²) in [5.74, 6) is 0.209. The molecule has 27 heavy (non-hydrogen) atoms. The first-order chi connectivity index (χ1) is 13.1. The first-order valence-electron chi connectivity index (χ1n) is 8.85. The van der Waals surface area contributed by atoms with Gasteiger partial charge in [0.1, 0.15) is 6.04 Å². The number of fused-ring (bicyclic) bond motifs is 1. The van der Waals surface area contributed by atoms with Gasteiger partial charge in [0.25, 0.3) is 0 Å². The van der Waals surface area contributed by atoms with Gasteiger partial charge in [0.2, 0.25) is 17.8 Å². The lowest BCUT2D eigenvalue weighted by molar-refractivity contribution is -0.125. The summed E-state index contributed by atoms with van der Waals surface area (Å²) in [6.45, 7) is 2.07. The van der Waals surface area contributed by atoms with Gasteiger partial charge in [-0.25, -0.2) is 4.68 Å². The molecule has 1 unspecified atom stereocenters. The molecule has 2 N–H and O–H groups in total. The van der Waals surface area contributed by atoms with Gasteiger partial charge in [0.15, 0.2) is 5.82 Å². The fourth-order valence-electron chi connectivity index (χ4n) is 3.03. The lowest BCUT2D eigenvalue weighted by atomic mass is 10.1. The second-order valence-electron chi connectivity index (χ2n) is 6.38. The molecule has 3 aromatic rings. The van der Waals surface area contributed by atoms with Gasteiger partial charge in [-0.05, 0) is 24.1 Å². The average molecular weight is 361 g/mol. The van der Waals surface area contributed by atoms with Gasteiger partial charge in [-0.15, -0.1) is 5.10 Å². The highest BCUT2D eigenvalue weighted by Gasteiger charge is 2.33. The number of carbonyl (C=O) groups is 2. The standard InChI is InChI=1S/C20H19N5O2/c1-2-13-8-10-15(11-9-13)21-19(27)16-12-17(26)22-20-23-18(24-25(16)20)14-6-4-3-5-7-14/h3-11,16H,2,12H2,1H3,(H,21,27)(H,22,23,24,26). The number of nitrogens with zero attached hydrogens (tertiary/aromatic N) is 3. The van der Waals surface area contributed by atoms with Crippen LogP contribution in [0.25, 0.3) is 11.4 Å². The van der Waals surface area contributed by atoms with Gasteiger partial charge >= 0.3 is 0 Å². The Morgan fingerprint density at radius 1 is 1.19 bits per heavy atom. The second kappa shape index (κ2) is 7.03. The van der Waals surface area contributed by atoms with Crippen molar-refractivity contribution in [2.75, 3.05) is 10.6 Å². The van der Waals surface area contributed by atoms with Crippen molar-refractivity contribution < 1.29 is 9.59 Å². The maximum atomic E-state index is 12.8. The van der Waals surface area contributed by atoms with Crippen LogP contribution in [0.5, 0.6) is 0 Å². The predicted octanol–water partition coefficient (Wildman–Crippen LogP) is 3.03. The first-order valence-corrected chi connectivity index (χ1v) is 8.85. The fraction of sp³-hybridized carbons (Fsp3) is 0.200. The smallest absolute Gasteiger partial charge is 0.249 e. The van der Waals surface area contributed by atoms with E-state index in [9.17, 15) is 9.59 Å². The molecule has 1 aliphatic heterocycles. The van der Waals surface area contributed by atoms with Crippen molar-refractivity contribution in [3.05, 3.63) is 60.2 Å². The van der Waals surface area contributed by atoms with E-state index in [0.717, 1.165) is 12.0 Å². The molecule has 2 amide bonds. The minimum atomic E-state index is -0.746. The summed E-state index contributed by atoms with van der Waals surface area (Å²) in [7, 11) is 0. The number of nitrogens with one attached hydrogen (secondary N) is 2. The SMILES string of the molecule is CCc1ccc(NC(=O)C2CC(=O)Nc3nc(-c4ccccc4)nn32)cc1. The van der Waals surface area contributed by atoms with Gasteiger partial charge in [-0.2, -0.15) is 4.98 Å². The number of anilines is 2. The van der Waals surface area contributed by atoms with Crippen LogP contribution in [0.4, 0.5) is 11.6 Å². The summed E-state index contributed by atoms with van der Waals surface area (Å²) < 4.78 is 1.49. The molecular weight excluding hydrogens is 342 g/mol. The van der Waals surface area contributed by atoms with E-state index in [-0.39, 0.29) is 24.2 Å². The van der Waals surface area contributed by atoms with Gasteiger partial charge in [-0.3, -0.25) is 14.9 Å². The summed E-state index contributed by atoms with van der Waals surface area (Å²) in [4.78, 5) is 29.2. The van der Waals surface area contributed by atoms with Crippen LogP contribution in [0.15, 0.2) is 54.6 Å². The van der Waals surface area contributed by atoms with Crippen LogP contribution in [0.2, 0.25) is 0 Å². The Bertz CT molecular complexity index is 979. The summed E-state index contributed by atoms with van der Waals surface area (Å²) >= 11 is 0. The van der Waals surface area contributed by atoms with Crippen LogP contribution >= 0.6 is 0 Å². The zero-order chi connectivity index (χ0) is 18.8. The molecule has 0 saturated carbocycles. The lowest BCUT2D eigenvalue weighted by Crippen LogP contribution is -2.36. The fourth-order valence-corrected chi connectivity index (χ4v) is 3.03. The van der Waals surface area contributed by atoms with Crippen molar-refractivity contribution >= 4 is 23.5 Å². The number of rotatable bonds is 4. The Hall–Kier alpha value is -3.48. The summed E-state index contributed by atoms with van der Waals surface area (Å²) in [6, 6.07) is 16.4. The molecule has 0 radical (unpaired) electrons. The van der Waals surface area contributed by atoms with Crippen LogP contribution < -0.4 is 10.6 Å². The monoisotopic (exact) mass is 361 g/mol. The number of hydrogen-bond donors (Lipinski definition) is 2. The van der Waals surface area contributed by atoms with Gasteiger partial charge in [0, 0.05) is 11.3 Å². The number of benzene rings is 2. The molecule has 7 nitrogen and oxygen atoms in total. The number of amides is 2. The molecule has 1 atom stereocenters. The Morgan fingerprint density at radius 2 is 1.93 bits per heavy atom. The van der Waals surface area contributed by atoms with E-state index in [1.807, 2.05) is 54.6 Å². The Labute approximate surface area is 156 Å². The van der Waals surface area contributed by atoms with Crippen molar-refractivity contribution in [2.24, 2.45) is 0 Å². The van der Waals surface area contributed by atoms with Crippen molar-refractivity contribution in [1.29, 1.82) is 0 Å². The molecule has 2 aromatic carbocycles. The Morgan fingerprint density at radius 3 is 2.63 bits per heavy atom. The Kier molecular flexibility index (Phi) is 4.42. The quantitative estimate of drug-likeness (QED) is 0.747. The first kappa shape index (κ1) is 17.0. The van der Waals surface area contributed by atoms with Gasteiger partial charge < -0.3 is 5.32 Å². The third-order valence-electron chi connectivity index (χ3n) is 4.52. The van der Waals surface area contributed by atoms with Crippen LogP contribution in [0.1, 0.15) is 24.9 Å². The van der Waals surface area contributed by atoms with E-state index >= 15 is 0 Å². The summed E-state index contributed by atoms with van der Waals surface area (Å²) in [5.41, 5.74) is 2.70. The molecular formula is C20H19N5O2. The van der Waals surface area contributed by atoms with E-state index in [1.165, 1.54) is 10.2 Å². The van der Waals surface area contributed by atoms with Crippen LogP contribution in [0, 0.1) is 0 Å². The highest BCUT2D eigenvalue weighted by atomic mass is 16.2.